The number of benzene rings is 1. The molecule has 1 aromatic rings. The number of rotatable bonds is 10. The molecule has 0 unspecified atom stereocenters. The van der Waals surface area contributed by atoms with Crippen LogP contribution in [0.5, 0.6) is 0 Å². The van der Waals surface area contributed by atoms with Crippen LogP contribution in [0.1, 0.15) is 0 Å². The first kappa shape index (κ1) is 17.8. The summed E-state index contributed by atoms with van der Waals surface area (Å²) < 4.78 is 10.4. The minimum absolute atomic E-state index is 0.155. The lowest BCUT2D eigenvalue weighted by atomic mass is 10.2. The predicted molar refractivity (Wildman–Crippen MR) is 89.4 cm³/mol. The molecule has 0 heterocycles. The Bertz CT molecular complexity index is 393. The van der Waals surface area contributed by atoms with E-state index in [1.807, 2.05) is 0 Å². The second-order valence-corrected chi connectivity index (χ2v) is 5.53. The maximum Gasteiger partial charge on any atom is 0.0728 e. The lowest BCUT2D eigenvalue weighted by molar-refractivity contribution is 0.126. The van der Waals surface area contributed by atoms with Crippen molar-refractivity contribution in [2.45, 2.75) is 6.04 Å². The van der Waals surface area contributed by atoms with Crippen LogP contribution in [0.3, 0.4) is 0 Å². The Morgan fingerprint density at radius 1 is 1.05 bits per heavy atom. The molecule has 0 aliphatic rings. The van der Waals surface area contributed by atoms with Gasteiger partial charge >= 0.3 is 0 Å². The van der Waals surface area contributed by atoms with E-state index in [4.69, 9.17) is 9.47 Å². The van der Waals surface area contributed by atoms with Gasteiger partial charge in [-0.15, -0.1) is 0 Å². The van der Waals surface area contributed by atoms with Crippen LogP contribution in [0.4, 0.5) is 11.4 Å². The number of nitrogens with zero attached hydrogens (tertiary/aromatic N) is 2. The van der Waals surface area contributed by atoms with Gasteiger partial charge in [0.05, 0.1) is 19.3 Å². The van der Waals surface area contributed by atoms with E-state index in [2.05, 4.69) is 60.5 Å². The van der Waals surface area contributed by atoms with Gasteiger partial charge in [0.2, 0.25) is 0 Å². The zero-order valence-corrected chi connectivity index (χ0v) is 13.9. The Kier molecular flexibility index (Phi) is 8.12. The standard InChI is InChI=1S/C16H29N3O2/c1-18(2)9-10-19(3)16-8-6-7-14(11-16)17-15(12-20-4)13-21-5/h6-8,11,15,17H,9-10,12-13H2,1-5H3. The molecular weight excluding hydrogens is 266 g/mol. The van der Waals surface area contributed by atoms with Crippen LogP contribution in [0.2, 0.25) is 0 Å². The van der Waals surface area contributed by atoms with E-state index in [1.54, 1.807) is 14.2 Å². The normalized spacial score (nSPS) is 11.2. The molecular formula is C16H29N3O2. The number of anilines is 2. The second kappa shape index (κ2) is 9.60. The number of likely N-dealkylation sites (N-methyl/N-ethyl adjacent to an activating group) is 2. The van der Waals surface area contributed by atoms with Gasteiger partial charge in [-0.2, -0.15) is 0 Å². The third-order valence-electron chi connectivity index (χ3n) is 3.28. The molecule has 5 heteroatoms. The topological polar surface area (TPSA) is 37.0 Å². The van der Waals surface area contributed by atoms with Crippen LogP contribution >= 0.6 is 0 Å². The van der Waals surface area contributed by atoms with Crippen LogP contribution in [-0.4, -0.2) is 72.6 Å². The first-order valence-corrected chi connectivity index (χ1v) is 7.27. The van der Waals surface area contributed by atoms with Crippen LogP contribution < -0.4 is 10.2 Å². The largest absolute Gasteiger partial charge is 0.382 e. The fourth-order valence-corrected chi connectivity index (χ4v) is 2.08. The third-order valence-corrected chi connectivity index (χ3v) is 3.28. The highest BCUT2D eigenvalue weighted by atomic mass is 16.5. The smallest absolute Gasteiger partial charge is 0.0728 e. The molecule has 0 saturated carbocycles. The molecule has 1 N–H and O–H groups in total. The van der Waals surface area contributed by atoms with Gasteiger partial charge in [0.1, 0.15) is 0 Å². The van der Waals surface area contributed by atoms with E-state index in [0.29, 0.717) is 13.2 Å². The predicted octanol–water partition coefficient (Wildman–Crippen LogP) is 1.76. The lowest BCUT2D eigenvalue weighted by Crippen LogP contribution is -2.30. The zero-order valence-electron chi connectivity index (χ0n) is 13.9. The van der Waals surface area contributed by atoms with Crippen molar-refractivity contribution in [1.29, 1.82) is 0 Å². The van der Waals surface area contributed by atoms with Gasteiger partial charge in [-0.1, -0.05) is 6.07 Å². The maximum absolute atomic E-state index is 5.21. The Morgan fingerprint density at radius 2 is 1.71 bits per heavy atom. The van der Waals surface area contributed by atoms with Crippen molar-refractivity contribution >= 4 is 11.4 Å². The molecule has 120 valence electrons. The van der Waals surface area contributed by atoms with Gasteiger partial charge < -0.3 is 24.6 Å². The lowest BCUT2D eigenvalue weighted by Gasteiger charge is -2.23. The van der Waals surface area contributed by atoms with Gasteiger partial charge in [-0.3, -0.25) is 0 Å². The van der Waals surface area contributed by atoms with Gasteiger partial charge in [0, 0.05) is 45.7 Å². The number of hydrogen-bond donors (Lipinski definition) is 1. The Labute approximate surface area is 128 Å². The molecule has 0 fully saturated rings. The van der Waals surface area contributed by atoms with Crippen molar-refractivity contribution in [3.63, 3.8) is 0 Å². The van der Waals surface area contributed by atoms with Crippen molar-refractivity contribution in [3.05, 3.63) is 24.3 Å². The molecule has 0 aliphatic carbocycles. The minimum atomic E-state index is 0.155. The summed E-state index contributed by atoms with van der Waals surface area (Å²) in [7, 11) is 9.70. The highest BCUT2D eigenvalue weighted by Crippen LogP contribution is 2.19. The summed E-state index contributed by atoms with van der Waals surface area (Å²) in [5.41, 5.74) is 2.29. The van der Waals surface area contributed by atoms with E-state index < -0.39 is 0 Å². The fraction of sp³-hybridized carbons (Fsp3) is 0.625. The van der Waals surface area contributed by atoms with E-state index in [-0.39, 0.29) is 6.04 Å². The number of ether oxygens (including phenoxy) is 2. The molecule has 0 bridgehead atoms. The fourth-order valence-electron chi connectivity index (χ4n) is 2.08. The van der Waals surface area contributed by atoms with Crippen molar-refractivity contribution in [3.8, 4) is 0 Å². The third kappa shape index (κ3) is 6.80. The number of methoxy groups -OCH3 is 2. The quantitative estimate of drug-likeness (QED) is 0.712. The van der Waals surface area contributed by atoms with Crippen LogP contribution in [0.25, 0.3) is 0 Å². The minimum Gasteiger partial charge on any atom is -0.382 e. The van der Waals surface area contributed by atoms with Gasteiger partial charge in [0.15, 0.2) is 0 Å². The van der Waals surface area contributed by atoms with Crippen LogP contribution in [-0.2, 0) is 9.47 Å². The molecule has 5 nitrogen and oxygen atoms in total. The molecule has 1 aromatic carbocycles. The SMILES string of the molecule is COCC(COC)Nc1cccc(N(C)CCN(C)C)c1. The Hall–Kier alpha value is -1.30. The number of hydrogen-bond acceptors (Lipinski definition) is 5. The van der Waals surface area contributed by atoms with Crippen molar-refractivity contribution in [1.82, 2.24) is 4.90 Å². The van der Waals surface area contributed by atoms with Crippen molar-refractivity contribution in [2.75, 3.05) is 71.9 Å². The van der Waals surface area contributed by atoms with E-state index in [0.717, 1.165) is 18.8 Å². The summed E-state index contributed by atoms with van der Waals surface area (Å²) in [5.74, 6) is 0. The average Bonchev–Trinajstić information content (AvgIpc) is 2.45. The van der Waals surface area contributed by atoms with E-state index >= 15 is 0 Å². The summed E-state index contributed by atoms with van der Waals surface area (Å²) in [4.78, 5) is 4.44. The van der Waals surface area contributed by atoms with Gasteiger partial charge in [-0.25, -0.2) is 0 Å². The molecule has 0 saturated heterocycles. The summed E-state index contributed by atoms with van der Waals surface area (Å²) >= 11 is 0. The van der Waals surface area contributed by atoms with Crippen molar-refractivity contribution in [2.24, 2.45) is 0 Å². The molecule has 0 radical (unpaired) electrons. The molecule has 0 atom stereocenters. The van der Waals surface area contributed by atoms with E-state index in [1.165, 1.54) is 5.69 Å². The summed E-state index contributed by atoms with van der Waals surface area (Å²) in [5, 5.41) is 3.45. The second-order valence-electron chi connectivity index (χ2n) is 5.53. The monoisotopic (exact) mass is 295 g/mol. The molecule has 21 heavy (non-hydrogen) atoms. The highest BCUT2D eigenvalue weighted by Gasteiger charge is 2.09. The Balaban J connectivity index is 2.65. The average molecular weight is 295 g/mol. The first-order valence-electron chi connectivity index (χ1n) is 7.27. The molecule has 0 aliphatic heterocycles. The summed E-state index contributed by atoms with van der Waals surface area (Å²) in [6.07, 6.45) is 0. The highest BCUT2D eigenvalue weighted by molar-refractivity contribution is 5.58. The summed E-state index contributed by atoms with van der Waals surface area (Å²) in [6.45, 7) is 3.27. The van der Waals surface area contributed by atoms with Gasteiger partial charge in [-0.05, 0) is 32.3 Å². The zero-order chi connectivity index (χ0) is 15.7. The first-order chi connectivity index (χ1) is 10.1. The van der Waals surface area contributed by atoms with Gasteiger partial charge in [0.25, 0.3) is 0 Å². The van der Waals surface area contributed by atoms with E-state index in [9.17, 15) is 0 Å². The maximum atomic E-state index is 5.21. The molecule has 0 amide bonds. The number of nitrogens with one attached hydrogen (secondary N) is 1. The molecule has 1 rings (SSSR count). The molecule has 0 aromatic heterocycles. The molecule has 0 spiro atoms. The van der Waals surface area contributed by atoms with Crippen LogP contribution in [0, 0.1) is 0 Å². The van der Waals surface area contributed by atoms with Crippen LogP contribution in [0.15, 0.2) is 24.3 Å². The Morgan fingerprint density at radius 3 is 2.29 bits per heavy atom. The van der Waals surface area contributed by atoms with Crippen molar-refractivity contribution < 1.29 is 9.47 Å². The summed E-state index contributed by atoms with van der Waals surface area (Å²) in [6, 6.07) is 8.58.